The van der Waals surface area contributed by atoms with Gasteiger partial charge in [-0.15, -0.1) is 0 Å². The van der Waals surface area contributed by atoms with Gasteiger partial charge in [0.15, 0.2) is 0 Å². The van der Waals surface area contributed by atoms with E-state index >= 15 is 0 Å². The van der Waals surface area contributed by atoms with Gasteiger partial charge < -0.3 is 9.79 Å². The molecule has 0 aliphatic heterocycles. The van der Waals surface area contributed by atoms with Gasteiger partial charge in [-0.05, 0) is 6.42 Å². The predicted molar refractivity (Wildman–Crippen MR) is 66.7 cm³/mol. The summed E-state index contributed by atoms with van der Waals surface area (Å²) < 4.78 is 45.0. The third-order valence-corrected chi connectivity index (χ3v) is 3.68. The third kappa shape index (κ3) is 12.5. The fourth-order valence-electron chi connectivity index (χ4n) is 1.57. The Hall–Kier alpha value is 0.0200. The lowest BCUT2D eigenvalue weighted by Crippen LogP contribution is -2.22. The molecule has 1 unspecified atom stereocenters. The van der Waals surface area contributed by atoms with Crippen molar-refractivity contribution in [2.45, 2.75) is 51.6 Å². The summed E-state index contributed by atoms with van der Waals surface area (Å²) in [6.07, 6.45) is 3.54. The maximum absolute atomic E-state index is 10.7. The quantitative estimate of drug-likeness (QED) is 0.319. The molecule has 0 spiro atoms. The van der Waals surface area contributed by atoms with Crippen molar-refractivity contribution in [1.82, 2.24) is 0 Å². The molecular weight excluding hydrogens is 283 g/mol. The molecule has 0 aromatic heterocycles. The highest BCUT2D eigenvalue weighted by Gasteiger charge is 2.25. The van der Waals surface area contributed by atoms with E-state index in [1.165, 1.54) is 0 Å². The average molecular weight is 304 g/mol. The summed E-state index contributed by atoms with van der Waals surface area (Å²) in [5, 5.41) is 0. The monoisotopic (exact) mass is 304 g/mol. The molecule has 0 saturated heterocycles. The Bertz CT molecular complexity index is 361. The first-order valence-corrected chi connectivity index (χ1v) is 8.97. The van der Waals surface area contributed by atoms with Crippen LogP contribution in [0.1, 0.15) is 45.4 Å². The topological polar surface area (TPSA) is 121 Å². The van der Waals surface area contributed by atoms with Gasteiger partial charge in [0.05, 0.1) is 6.10 Å². The SMILES string of the molecule is CCCCCCCC(CS(=O)(=O)O)OP(=O)(O)O. The molecule has 0 radical (unpaired) electrons. The largest absolute Gasteiger partial charge is 0.469 e. The minimum atomic E-state index is -4.74. The molecular formula is C9H21O7PS. The van der Waals surface area contributed by atoms with Gasteiger partial charge in [0.25, 0.3) is 10.1 Å². The van der Waals surface area contributed by atoms with Gasteiger partial charge in [-0.25, -0.2) is 4.57 Å². The maximum Gasteiger partial charge on any atom is 0.469 e. The molecule has 0 bridgehead atoms. The molecule has 3 N–H and O–H groups in total. The van der Waals surface area contributed by atoms with E-state index in [1.54, 1.807) is 0 Å². The molecule has 7 nitrogen and oxygen atoms in total. The molecule has 0 fully saturated rings. The summed E-state index contributed by atoms with van der Waals surface area (Å²) in [6.45, 7) is 2.05. The van der Waals surface area contributed by atoms with E-state index in [1.807, 2.05) is 0 Å². The second-order valence-corrected chi connectivity index (χ2v) is 6.86. The van der Waals surface area contributed by atoms with Crippen molar-refractivity contribution in [1.29, 1.82) is 0 Å². The van der Waals surface area contributed by atoms with E-state index in [2.05, 4.69) is 11.4 Å². The average Bonchev–Trinajstić information content (AvgIpc) is 2.12. The Balaban J connectivity index is 4.18. The van der Waals surface area contributed by atoms with E-state index in [0.29, 0.717) is 6.42 Å². The van der Waals surface area contributed by atoms with Crippen molar-refractivity contribution in [2.24, 2.45) is 0 Å². The molecule has 18 heavy (non-hydrogen) atoms. The summed E-state index contributed by atoms with van der Waals surface area (Å²) >= 11 is 0. The smallest absolute Gasteiger partial charge is 0.303 e. The van der Waals surface area contributed by atoms with Crippen molar-refractivity contribution in [2.75, 3.05) is 5.75 Å². The molecule has 0 aliphatic rings. The van der Waals surface area contributed by atoms with Gasteiger partial charge in [0.2, 0.25) is 0 Å². The fourth-order valence-corrected chi connectivity index (χ4v) is 2.94. The Kier molecular flexibility index (Phi) is 8.25. The van der Waals surface area contributed by atoms with Gasteiger partial charge in [0.1, 0.15) is 5.75 Å². The van der Waals surface area contributed by atoms with Crippen LogP contribution in [0, 0.1) is 0 Å². The lowest BCUT2D eigenvalue weighted by molar-refractivity contribution is 0.137. The minimum absolute atomic E-state index is 0.189. The highest BCUT2D eigenvalue weighted by atomic mass is 32.2. The number of unbranched alkanes of at least 4 members (excludes halogenated alkanes) is 4. The molecule has 0 aromatic rings. The maximum atomic E-state index is 10.7. The normalized spacial score (nSPS) is 14.7. The Morgan fingerprint density at radius 1 is 1.17 bits per heavy atom. The van der Waals surface area contributed by atoms with Crippen LogP contribution < -0.4 is 0 Å². The highest BCUT2D eigenvalue weighted by molar-refractivity contribution is 7.85. The molecule has 0 amide bonds. The van der Waals surface area contributed by atoms with Crippen LogP contribution in [-0.2, 0) is 19.2 Å². The number of phosphoric ester groups is 1. The summed E-state index contributed by atoms with van der Waals surface area (Å²) in [7, 11) is -9.06. The molecule has 9 heteroatoms. The van der Waals surface area contributed by atoms with Crippen molar-refractivity contribution < 1.29 is 31.8 Å². The zero-order valence-electron chi connectivity index (χ0n) is 10.4. The summed E-state index contributed by atoms with van der Waals surface area (Å²) in [4.78, 5) is 17.3. The van der Waals surface area contributed by atoms with Gasteiger partial charge in [0, 0.05) is 0 Å². The van der Waals surface area contributed by atoms with E-state index < -0.39 is 29.8 Å². The van der Waals surface area contributed by atoms with E-state index in [9.17, 15) is 13.0 Å². The van der Waals surface area contributed by atoms with Crippen LogP contribution in [0.4, 0.5) is 0 Å². The van der Waals surface area contributed by atoms with Crippen LogP contribution >= 0.6 is 7.82 Å². The van der Waals surface area contributed by atoms with Gasteiger partial charge in [-0.1, -0.05) is 39.0 Å². The summed E-state index contributed by atoms with van der Waals surface area (Å²) in [6, 6.07) is 0. The van der Waals surface area contributed by atoms with E-state index in [0.717, 1.165) is 25.7 Å². The first kappa shape index (κ1) is 18.0. The number of phosphoric acid groups is 1. The third-order valence-electron chi connectivity index (χ3n) is 2.31. The fraction of sp³-hybridized carbons (Fsp3) is 1.00. The second kappa shape index (κ2) is 8.24. The zero-order valence-corrected chi connectivity index (χ0v) is 12.1. The zero-order chi connectivity index (χ0) is 14.2. The standard InChI is InChI=1S/C9H21O7PS/c1-2-3-4-5-6-7-9(8-18(13,14)15)16-17(10,11)12/h9H,2-8H2,1H3,(H2,10,11,12)(H,13,14,15). The van der Waals surface area contributed by atoms with E-state index in [4.69, 9.17) is 14.3 Å². The van der Waals surface area contributed by atoms with Crippen LogP contribution in [0.3, 0.4) is 0 Å². The van der Waals surface area contributed by atoms with Crippen LogP contribution in [0.2, 0.25) is 0 Å². The van der Waals surface area contributed by atoms with Crippen LogP contribution in [0.5, 0.6) is 0 Å². The minimum Gasteiger partial charge on any atom is -0.303 e. The first-order valence-electron chi connectivity index (χ1n) is 5.83. The first-order chi connectivity index (χ1) is 8.14. The molecule has 0 saturated carbocycles. The van der Waals surface area contributed by atoms with Gasteiger partial charge in [-0.3, -0.25) is 9.08 Å². The molecule has 110 valence electrons. The van der Waals surface area contributed by atoms with Crippen molar-refractivity contribution >= 4 is 17.9 Å². The molecule has 0 rings (SSSR count). The second-order valence-electron chi connectivity index (χ2n) is 4.17. The lowest BCUT2D eigenvalue weighted by Gasteiger charge is -2.16. The molecule has 1 atom stereocenters. The summed E-state index contributed by atoms with van der Waals surface area (Å²) in [5.41, 5.74) is 0. The Labute approximate surface area is 108 Å². The summed E-state index contributed by atoms with van der Waals surface area (Å²) in [5.74, 6) is -0.800. The predicted octanol–water partition coefficient (Wildman–Crippen LogP) is 1.71. The van der Waals surface area contributed by atoms with E-state index in [-0.39, 0.29) is 6.42 Å². The van der Waals surface area contributed by atoms with Crippen LogP contribution in [-0.4, -0.2) is 34.6 Å². The van der Waals surface area contributed by atoms with Gasteiger partial charge >= 0.3 is 7.82 Å². The molecule has 0 aliphatic carbocycles. The number of rotatable bonds is 10. The Morgan fingerprint density at radius 3 is 2.17 bits per heavy atom. The van der Waals surface area contributed by atoms with Gasteiger partial charge in [-0.2, -0.15) is 8.42 Å². The molecule has 0 aromatic carbocycles. The molecule has 0 heterocycles. The van der Waals surface area contributed by atoms with Crippen molar-refractivity contribution in [3.63, 3.8) is 0 Å². The number of hydrogen-bond acceptors (Lipinski definition) is 4. The Morgan fingerprint density at radius 2 is 1.72 bits per heavy atom. The van der Waals surface area contributed by atoms with Crippen LogP contribution in [0.15, 0.2) is 0 Å². The highest BCUT2D eigenvalue weighted by Crippen LogP contribution is 2.38. The van der Waals surface area contributed by atoms with Crippen molar-refractivity contribution in [3.05, 3.63) is 0 Å². The van der Waals surface area contributed by atoms with Crippen LogP contribution in [0.25, 0.3) is 0 Å². The number of hydrogen-bond donors (Lipinski definition) is 3. The van der Waals surface area contributed by atoms with Crippen molar-refractivity contribution in [3.8, 4) is 0 Å². The lowest BCUT2D eigenvalue weighted by atomic mass is 10.1.